The molecule has 0 aliphatic carbocycles. The molecular formula is C11H15NO3. The molecule has 0 spiro atoms. The first-order valence-corrected chi connectivity index (χ1v) is 4.73. The summed E-state index contributed by atoms with van der Waals surface area (Å²) in [5, 5.41) is 0. The highest BCUT2D eigenvalue weighted by molar-refractivity contribution is 5.74. The van der Waals surface area contributed by atoms with E-state index >= 15 is 0 Å². The summed E-state index contributed by atoms with van der Waals surface area (Å²) in [7, 11) is 1.34. The standard InChI is InChI=1S/C11H15NO3/c1-9(11(13)14-2)12-15-8-10-6-4-3-5-7-10/h3-7,9,12H,8H2,1-2H3/t9-/m1/s1. The van der Waals surface area contributed by atoms with E-state index in [1.54, 1.807) is 6.92 Å². The summed E-state index contributed by atoms with van der Waals surface area (Å²) in [6, 6.07) is 9.24. The van der Waals surface area contributed by atoms with Crippen LogP contribution in [-0.4, -0.2) is 19.1 Å². The Balaban J connectivity index is 2.25. The maximum absolute atomic E-state index is 11.0. The molecule has 0 heterocycles. The number of hydrogen-bond acceptors (Lipinski definition) is 4. The molecule has 0 aliphatic rings. The van der Waals surface area contributed by atoms with E-state index < -0.39 is 6.04 Å². The Kier molecular flexibility index (Phi) is 4.80. The predicted octanol–water partition coefficient (Wildman–Crippen LogP) is 1.27. The smallest absolute Gasteiger partial charge is 0.324 e. The zero-order chi connectivity index (χ0) is 11.1. The highest BCUT2D eigenvalue weighted by atomic mass is 16.6. The molecule has 0 saturated heterocycles. The number of hydrogen-bond donors (Lipinski definition) is 1. The summed E-state index contributed by atoms with van der Waals surface area (Å²) in [4.78, 5) is 16.1. The molecule has 0 fully saturated rings. The van der Waals surface area contributed by atoms with E-state index in [1.165, 1.54) is 7.11 Å². The fourth-order valence-electron chi connectivity index (χ4n) is 1.05. The number of methoxy groups -OCH3 is 1. The number of hydroxylamine groups is 1. The third-order valence-electron chi connectivity index (χ3n) is 1.90. The molecule has 0 unspecified atom stereocenters. The Labute approximate surface area is 89.1 Å². The normalized spacial score (nSPS) is 12.1. The lowest BCUT2D eigenvalue weighted by atomic mass is 10.2. The Morgan fingerprint density at radius 1 is 1.40 bits per heavy atom. The first-order chi connectivity index (χ1) is 7.24. The fraction of sp³-hybridized carbons (Fsp3) is 0.364. The van der Waals surface area contributed by atoms with E-state index in [0.29, 0.717) is 6.61 Å². The SMILES string of the molecule is COC(=O)[C@@H](C)NOCc1ccccc1. The van der Waals surface area contributed by atoms with Crippen LogP contribution in [0.1, 0.15) is 12.5 Å². The van der Waals surface area contributed by atoms with Crippen molar-refractivity contribution < 1.29 is 14.4 Å². The molecule has 1 atom stereocenters. The van der Waals surface area contributed by atoms with Gasteiger partial charge in [0.25, 0.3) is 0 Å². The molecule has 82 valence electrons. The fourth-order valence-corrected chi connectivity index (χ4v) is 1.05. The van der Waals surface area contributed by atoms with Crippen molar-refractivity contribution in [1.29, 1.82) is 0 Å². The maximum atomic E-state index is 11.0. The zero-order valence-corrected chi connectivity index (χ0v) is 8.90. The molecule has 1 aromatic rings. The number of carbonyl (C=O) groups excluding carboxylic acids is 1. The number of ether oxygens (including phenoxy) is 1. The molecule has 1 N–H and O–H groups in total. The van der Waals surface area contributed by atoms with Gasteiger partial charge in [-0.1, -0.05) is 30.3 Å². The van der Waals surface area contributed by atoms with E-state index in [9.17, 15) is 4.79 Å². The van der Waals surface area contributed by atoms with Crippen LogP contribution in [0, 0.1) is 0 Å². The first kappa shape index (κ1) is 11.7. The van der Waals surface area contributed by atoms with E-state index in [4.69, 9.17) is 4.84 Å². The highest BCUT2D eigenvalue weighted by Gasteiger charge is 2.11. The molecule has 1 rings (SSSR count). The minimum absolute atomic E-state index is 0.344. The average molecular weight is 209 g/mol. The lowest BCUT2D eigenvalue weighted by Crippen LogP contribution is -2.34. The number of esters is 1. The van der Waals surface area contributed by atoms with Crippen molar-refractivity contribution in [3.63, 3.8) is 0 Å². The molecule has 0 aromatic heterocycles. The lowest BCUT2D eigenvalue weighted by Gasteiger charge is -2.11. The van der Waals surface area contributed by atoms with Gasteiger partial charge in [-0.15, -0.1) is 0 Å². The summed E-state index contributed by atoms with van der Waals surface area (Å²) in [6.07, 6.45) is 0. The predicted molar refractivity (Wildman–Crippen MR) is 55.8 cm³/mol. The van der Waals surface area contributed by atoms with Gasteiger partial charge >= 0.3 is 5.97 Å². The zero-order valence-electron chi connectivity index (χ0n) is 8.90. The molecule has 4 heteroatoms. The van der Waals surface area contributed by atoms with Crippen LogP contribution in [0.25, 0.3) is 0 Å². The Hall–Kier alpha value is -1.39. The molecule has 15 heavy (non-hydrogen) atoms. The van der Waals surface area contributed by atoms with Crippen LogP contribution in [0.3, 0.4) is 0 Å². The van der Waals surface area contributed by atoms with Gasteiger partial charge in [0.05, 0.1) is 13.7 Å². The van der Waals surface area contributed by atoms with Gasteiger partial charge in [0.2, 0.25) is 0 Å². The van der Waals surface area contributed by atoms with Gasteiger partial charge in [-0.05, 0) is 12.5 Å². The van der Waals surface area contributed by atoms with Crippen LogP contribution >= 0.6 is 0 Å². The summed E-state index contributed by atoms with van der Waals surface area (Å²) >= 11 is 0. The number of benzene rings is 1. The Morgan fingerprint density at radius 2 is 2.07 bits per heavy atom. The van der Waals surface area contributed by atoms with Gasteiger partial charge in [0.1, 0.15) is 6.04 Å². The highest BCUT2D eigenvalue weighted by Crippen LogP contribution is 1.99. The summed E-state index contributed by atoms with van der Waals surface area (Å²) in [6.45, 7) is 2.10. The van der Waals surface area contributed by atoms with Crippen molar-refractivity contribution in [2.24, 2.45) is 0 Å². The van der Waals surface area contributed by atoms with E-state index in [0.717, 1.165) is 5.56 Å². The van der Waals surface area contributed by atoms with E-state index in [2.05, 4.69) is 10.2 Å². The molecule has 4 nitrogen and oxygen atoms in total. The molecule has 0 saturated carbocycles. The number of nitrogens with one attached hydrogen (secondary N) is 1. The van der Waals surface area contributed by atoms with Crippen molar-refractivity contribution in [2.45, 2.75) is 19.6 Å². The first-order valence-electron chi connectivity index (χ1n) is 4.73. The van der Waals surface area contributed by atoms with Gasteiger partial charge in [0, 0.05) is 0 Å². The van der Waals surface area contributed by atoms with Gasteiger partial charge in [0.15, 0.2) is 0 Å². The second-order valence-corrected chi connectivity index (χ2v) is 3.14. The van der Waals surface area contributed by atoms with Gasteiger partial charge in [-0.2, -0.15) is 5.48 Å². The quantitative estimate of drug-likeness (QED) is 0.586. The van der Waals surface area contributed by atoms with Crippen molar-refractivity contribution in [1.82, 2.24) is 5.48 Å². The molecule has 0 amide bonds. The Morgan fingerprint density at radius 3 is 2.67 bits per heavy atom. The summed E-state index contributed by atoms with van der Waals surface area (Å²) in [5.41, 5.74) is 3.65. The van der Waals surface area contributed by atoms with Crippen molar-refractivity contribution in [3.05, 3.63) is 35.9 Å². The van der Waals surface area contributed by atoms with E-state index in [-0.39, 0.29) is 5.97 Å². The van der Waals surface area contributed by atoms with Gasteiger partial charge in [-0.25, -0.2) is 0 Å². The second-order valence-electron chi connectivity index (χ2n) is 3.14. The van der Waals surface area contributed by atoms with Crippen LogP contribution in [0.15, 0.2) is 30.3 Å². The number of rotatable bonds is 5. The lowest BCUT2D eigenvalue weighted by molar-refractivity contribution is -0.147. The topological polar surface area (TPSA) is 47.6 Å². The molecule has 0 bridgehead atoms. The molecule has 0 aliphatic heterocycles. The Bertz CT molecular complexity index is 300. The van der Waals surface area contributed by atoms with Gasteiger partial charge in [-0.3, -0.25) is 9.63 Å². The maximum Gasteiger partial charge on any atom is 0.324 e. The summed E-state index contributed by atoms with van der Waals surface area (Å²) < 4.78 is 4.53. The van der Waals surface area contributed by atoms with Crippen molar-refractivity contribution in [2.75, 3.05) is 7.11 Å². The molecular weight excluding hydrogens is 194 g/mol. The summed E-state index contributed by atoms with van der Waals surface area (Å²) in [5.74, 6) is -0.344. The second kappa shape index (κ2) is 6.16. The minimum atomic E-state index is -0.460. The van der Waals surface area contributed by atoms with Crippen LogP contribution < -0.4 is 5.48 Å². The van der Waals surface area contributed by atoms with Crippen LogP contribution in [0.2, 0.25) is 0 Å². The molecule has 1 aromatic carbocycles. The minimum Gasteiger partial charge on any atom is -0.468 e. The monoisotopic (exact) mass is 209 g/mol. The van der Waals surface area contributed by atoms with Crippen LogP contribution in [0.4, 0.5) is 0 Å². The average Bonchev–Trinajstić information content (AvgIpc) is 2.29. The molecule has 0 radical (unpaired) electrons. The number of carbonyl (C=O) groups is 1. The van der Waals surface area contributed by atoms with Crippen LogP contribution in [0.5, 0.6) is 0 Å². The third kappa shape index (κ3) is 4.10. The van der Waals surface area contributed by atoms with Crippen LogP contribution in [-0.2, 0) is 21.0 Å². The van der Waals surface area contributed by atoms with Crippen molar-refractivity contribution >= 4 is 5.97 Å². The largest absolute Gasteiger partial charge is 0.468 e. The van der Waals surface area contributed by atoms with Crippen molar-refractivity contribution in [3.8, 4) is 0 Å². The van der Waals surface area contributed by atoms with Gasteiger partial charge < -0.3 is 4.74 Å². The third-order valence-corrected chi connectivity index (χ3v) is 1.90. The van der Waals surface area contributed by atoms with E-state index in [1.807, 2.05) is 30.3 Å².